The number of halogens is 1. The zero-order chi connectivity index (χ0) is 17.2. The minimum Gasteiger partial charge on any atom is -0.456 e. The monoisotopic (exact) mass is 375 g/mol. The molecule has 1 fully saturated rings. The molecule has 25 heavy (non-hydrogen) atoms. The minimum atomic E-state index is 0.212. The van der Waals surface area contributed by atoms with Crippen molar-refractivity contribution in [2.75, 3.05) is 32.8 Å². The average molecular weight is 376 g/mol. The van der Waals surface area contributed by atoms with Crippen LogP contribution in [0.15, 0.2) is 40.8 Å². The summed E-state index contributed by atoms with van der Waals surface area (Å²) < 4.78 is 5.88. The predicted molar refractivity (Wildman–Crippen MR) is 104 cm³/mol. The number of piperazine rings is 1. The van der Waals surface area contributed by atoms with Crippen molar-refractivity contribution in [3.8, 4) is 0 Å². The van der Waals surface area contributed by atoms with E-state index in [4.69, 9.17) is 26.4 Å². The van der Waals surface area contributed by atoms with Gasteiger partial charge in [-0.25, -0.2) is 5.32 Å². The maximum atomic E-state index is 9.10. The topological polar surface area (TPSA) is 50.7 Å². The van der Waals surface area contributed by atoms with Gasteiger partial charge in [0.05, 0.1) is 12.0 Å². The molecule has 0 amide bonds. The van der Waals surface area contributed by atoms with Crippen LogP contribution in [0, 0.1) is 0 Å². The first-order valence-electron chi connectivity index (χ1n) is 8.45. The summed E-state index contributed by atoms with van der Waals surface area (Å²) in [5.74, 6) is 0.907. The number of aliphatic hydroxyl groups excluding tert-OH is 1. The molecule has 1 aliphatic heterocycles. The molecule has 1 N–H and O–H groups in total. The number of hydrogen-bond donors (Lipinski definition) is 1. The summed E-state index contributed by atoms with van der Waals surface area (Å²) >= 11 is 7.99. The summed E-state index contributed by atoms with van der Waals surface area (Å²) in [6, 6.07) is 12.1. The third-order valence-corrected chi connectivity index (χ3v) is 5.94. The molecule has 4 nitrogen and oxygen atoms in total. The van der Waals surface area contributed by atoms with Gasteiger partial charge in [-0.05, 0) is 35.9 Å². The molecule has 4 rings (SSSR count). The molecule has 1 radical (unpaired) electrons. The standard InChI is InChI=1S/C19H20ClN2O2S/c20-14-2-4-18-16(10-14)15-9-13(1-3-17(15)24-18)12-25-19-11-22(7-8-23)6-5-21-19/h1-4,9-10,19,23H,5-8,11-12H2. The summed E-state index contributed by atoms with van der Waals surface area (Å²) in [6.45, 7) is 3.66. The lowest BCUT2D eigenvalue weighted by Crippen LogP contribution is -2.46. The third-order valence-electron chi connectivity index (χ3n) is 4.52. The predicted octanol–water partition coefficient (Wildman–Crippen LogP) is 3.71. The molecule has 1 aromatic heterocycles. The Balaban J connectivity index is 1.50. The zero-order valence-corrected chi connectivity index (χ0v) is 15.4. The second kappa shape index (κ2) is 7.56. The number of thioether (sulfide) groups is 1. The molecule has 0 spiro atoms. The number of fused-ring (bicyclic) bond motifs is 3. The van der Waals surface area contributed by atoms with Gasteiger partial charge in [0.2, 0.25) is 0 Å². The fraction of sp³-hybridized carbons (Fsp3) is 0.368. The molecule has 0 aliphatic carbocycles. The molecule has 1 atom stereocenters. The van der Waals surface area contributed by atoms with Crippen molar-refractivity contribution in [3.05, 3.63) is 47.0 Å². The van der Waals surface area contributed by atoms with Crippen LogP contribution in [-0.2, 0) is 5.75 Å². The molecule has 1 aliphatic rings. The van der Waals surface area contributed by atoms with Crippen molar-refractivity contribution in [1.82, 2.24) is 10.2 Å². The summed E-state index contributed by atoms with van der Waals surface area (Å²) in [6.07, 6.45) is 0. The van der Waals surface area contributed by atoms with Crippen LogP contribution in [0.5, 0.6) is 0 Å². The van der Waals surface area contributed by atoms with Gasteiger partial charge in [0.1, 0.15) is 11.2 Å². The SMILES string of the molecule is OCCN1CC[N]C(SCc2ccc3oc4ccc(Cl)cc4c3c2)C1. The molecule has 6 heteroatoms. The van der Waals surface area contributed by atoms with E-state index in [1.54, 1.807) is 0 Å². The van der Waals surface area contributed by atoms with Gasteiger partial charge in [-0.1, -0.05) is 17.7 Å². The molecule has 1 saturated heterocycles. The molecular formula is C19H20ClN2O2S. The van der Waals surface area contributed by atoms with Crippen molar-refractivity contribution in [2.24, 2.45) is 0 Å². The fourth-order valence-electron chi connectivity index (χ4n) is 3.24. The van der Waals surface area contributed by atoms with Crippen molar-refractivity contribution < 1.29 is 9.52 Å². The van der Waals surface area contributed by atoms with Gasteiger partial charge in [0.15, 0.2) is 0 Å². The molecule has 1 unspecified atom stereocenters. The molecule has 3 aromatic rings. The average Bonchev–Trinajstić information content (AvgIpc) is 2.98. The van der Waals surface area contributed by atoms with E-state index in [1.807, 2.05) is 36.0 Å². The number of hydrogen-bond acceptors (Lipinski definition) is 4. The number of aliphatic hydroxyl groups is 1. The molecule has 0 saturated carbocycles. The normalized spacial score (nSPS) is 19.0. The summed E-state index contributed by atoms with van der Waals surface area (Å²) in [7, 11) is 0. The van der Waals surface area contributed by atoms with E-state index in [-0.39, 0.29) is 12.0 Å². The lowest BCUT2D eigenvalue weighted by Gasteiger charge is -2.31. The Morgan fingerprint density at radius 2 is 2.00 bits per heavy atom. The van der Waals surface area contributed by atoms with Gasteiger partial charge in [-0.3, -0.25) is 4.90 Å². The zero-order valence-electron chi connectivity index (χ0n) is 13.8. The first-order valence-corrected chi connectivity index (χ1v) is 9.88. The van der Waals surface area contributed by atoms with Crippen LogP contribution >= 0.6 is 23.4 Å². The van der Waals surface area contributed by atoms with E-state index in [9.17, 15) is 0 Å². The van der Waals surface area contributed by atoms with Gasteiger partial charge in [0.25, 0.3) is 0 Å². The quantitative estimate of drug-likeness (QED) is 0.738. The Morgan fingerprint density at radius 1 is 1.20 bits per heavy atom. The Kier molecular flexibility index (Phi) is 5.20. The summed E-state index contributed by atoms with van der Waals surface area (Å²) in [5.41, 5.74) is 3.02. The van der Waals surface area contributed by atoms with E-state index < -0.39 is 0 Å². The van der Waals surface area contributed by atoms with E-state index in [0.717, 1.165) is 58.9 Å². The Hall–Kier alpha value is -1.24. The van der Waals surface area contributed by atoms with Gasteiger partial charge in [-0.2, -0.15) is 0 Å². The van der Waals surface area contributed by atoms with E-state index in [1.165, 1.54) is 5.56 Å². The second-order valence-corrected chi connectivity index (χ2v) is 7.87. The lowest BCUT2D eigenvalue weighted by molar-refractivity contribution is 0.173. The van der Waals surface area contributed by atoms with Gasteiger partial charge < -0.3 is 9.52 Å². The van der Waals surface area contributed by atoms with Crippen LogP contribution in [0.1, 0.15) is 5.56 Å². The molecule has 131 valence electrons. The van der Waals surface area contributed by atoms with Crippen LogP contribution in [0.25, 0.3) is 21.9 Å². The first-order chi connectivity index (χ1) is 12.2. The summed E-state index contributed by atoms with van der Waals surface area (Å²) in [5, 5.41) is 17.0. The number of rotatable bonds is 5. The number of nitrogens with zero attached hydrogens (tertiary/aromatic N) is 2. The maximum Gasteiger partial charge on any atom is 0.135 e. The summed E-state index contributed by atoms with van der Waals surface area (Å²) in [4.78, 5) is 2.28. The van der Waals surface area contributed by atoms with E-state index >= 15 is 0 Å². The Morgan fingerprint density at radius 3 is 2.84 bits per heavy atom. The number of benzene rings is 2. The lowest BCUT2D eigenvalue weighted by atomic mass is 10.1. The molecule has 0 bridgehead atoms. The number of furan rings is 1. The number of β-amino-alcohol motifs (C(OH)–C–C–N with tert-alkyl or cyclic N) is 1. The Labute approximate surface area is 156 Å². The molecule has 2 heterocycles. The van der Waals surface area contributed by atoms with Crippen molar-refractivity contribution >= 4 is 45.3 Å². The van der Waals surface area contributed by atoms with Crippen molar-refractivity contribution in [3.63, 3.8) is 0 Å². The first kappa shape index (κ1) is 17.2. The third kappa shape index (κ3) is 3.81. The van der Waals surface area contributed by atoms with Crippen LogP contribution in [0.4, 0.5) is 0 Å². The van der Waals surface area contributed by atoms with Crippen molar-refractivity contribution in [1.29, 1.82) is 0 Å². The van der Waals surface area contributed by atoms with Gasteiger partial charge >= 0.3 is 0 Å². The van der Waals surface area contributed by atoms with Crippen LogP contribution < -0.4 is 5.32 Å². The van der Waals surface area contributed by atoms with Crippen LogP contribution in [0.2, 0.25) is 5.02 Å². The fourth-order valence-corrected chi connectivity index (χ4v) is 4.51. The highest BCUT2D eigenvalue weighted by Gasteiger charge is 2.20. The van der Waals surface area contributed by atoms with Crippen molar-refractivity contribution in [2.45, 2.75) is 11.1 Å². The smallest absolute Gasteiger partial charge is 0.135 e. The van der Waals surface area contributed by atoms with E-state index in [2.05, 4.69) is 17.0 Å². The highest BCUT2D eigenvalue weighted by Crippen LogP contribution is 2.32. The van der Waals surface area contributed by atoms with Gasteiger partial charge in [-0.15, -0.1) is 11.8 Å². The molecule has 2 aromatic carbocycles. The minimum absolute atomic E-state index is 0.212. The molecular weight excluding hydrogens is 356 g/mol. The largest absolute Gasteiger partial charge is 0.456 e. The highest BCUT2D eigenvalue weighted by atomic mass is 35.5. The Bertz CT molecular complexity index is 880. The van der Waals surface area contributed by atoms with Crippen LogP contribution in [-0.4, -0.2) is 48.2 Å². The maximum absolute atomic E-state index is 9.10. The van der Waals surface area contributed by atoms with Gasteiger partial charge in [0, 0.05) is 47.7 Å². The van der Waals surface area contributed by atoms with E-state index in [0.29, 0.717) is 0 Å². The highest BCUT2D eigenvalue weighted by molar-refractivity contribution is 7.99. The van der Waals surface area contributed by atoms with Crippen LogP contribution in [0.3, 0.4) is 0 Å². The second-order valence-electron chi connectivity index (χ2n) is 6.27.